The first-order chi connectivity index (χ1) is 48.8. The van der Waals surface area contributed by atoms with Crippen molar-refractivity contribution in [1.29, 1.82) is 0 Å². The van der Waals surface area contributed by atoms with Crippen molar-refractivity contribution in [1.82, 2.24) is 5.32 Å². The zero-order chi connectivity index (χ0) is 72.5. The van der Waals surface area contributed by atoms with Gasteiger partial charge < -0.3 is 89.9 Å². The van der Waals surface area contributed by atoms with Crippen LogP contribution in [0.1, 0.15) is 264 Å². The highest BCUT2D eigenvalue weighted by Gasteiger charge is 2.53. The van der Waals surface area contributed by atoms with Gasteiger partial charge in [-0.25, -0.2) is 0 Å². The maximum Gasteiger partial charge on any atom is 0.220 e. The van der Waals surface area contributed by atoms with Gasteiger partial charge in [-0.3, -0.25) is 4.79 Å². The van der Waals surface area contributed by atoms with E-state index in [0.717, 1.165) is 109 Å². The van der Waals surface area contributed by atoms with Crippen LogP contribution in [-0.2, 0) is 33.2 Å². The maximum atomic E-state index is 13.5. The molecule has 1 amide bonds. The van der Waals surface area contributed by atoms with E-state index in [0.29, 0.717) is 6.42 Å². The van der Waals surface area contributed by atoms with Crippen molar-refractivity contribution in [2.24, 2.45) is 0 Å². The van der Waals surface area contributed by atoms with Gasteiger partial charge in [0.15, 0.2) is 18.9 Å². The molecule has 0 aliphatic carbocycles. The van der Waals surface area contributed by atoms with Crippen molar-refractivity contribution >= 4 is 5.91 Å². The van der Waals surface area contributed by atoms with Crippen LogP contribution in [0.5, 0.6) is 0 Å². The number of aliphatic hydroxyl groups excluding tert-OH is 11. The molecule has 3 fully saturated rings. The van der Waals surface area contributed by atoms with Crippen LogP contribution in [0.25, 0.3) is 0 Å². The van der Waals surface area contributed by atoms with Gasteiger partial charge in [0.05, 0.1) is 38.6 Å². The predicted molar refractivity (Wildman–Crippen MR) is 397 cm³/mol. The minimum Gasteiger partial charge on any atom is -0.394 e. The lowest BCUT2D eigenvalue weighted by molar-refractivity contribution is -0.379. The molecule has 19 nitrogen and oxygen atoms in total. The molecular weight excluding hydrogens is 1270 g/mol. The molecule has 3 aliphatic heterocycles. The fraction of sp³-hybridized carbons (Fsp3) is 0.765. The third kappa shape index (κ3) is 40.6. The molecule has 0 bridgehead atoms. The monoisotopic (exact) mass is 1410 g/mol. The number of ether oxygens (including phenoxy) is 6. The third-order valence-corrected chi connectivity index (χ3v) is 18.8. The minimum absolute atomic E-state index is 0.235. The summed E-state index contributed by atoms with van der Waals surface area (Å²) in [5.74, 6) is -0.280. The number of carbonyl (C=O) groups is 1. The van der Waals surface area contributed by atoms with E-state index in [1.54, 1.807) is 6.08 Å². The van der Waals surface area contributed by atoms with Gasteiger partial charge in [0, 0.05) is 6.42 Å². The zero-order valence-corrected chi connectivity index (χ0v) is 61.4. The lowest BCUT2D eigenvalue weighted by Crippen LogP contribution is -2.66. The van der Waals surface area contributed by atoms with Crippen LogP contribution in [0, 0.1) is 0 Å². The molecular formula is C81H139NO18. The Hall–Kier alpha value is -3.55. The van der Waals surface area contributed by atoms with Crippen LogP contribution in [0.15, 0.2) is 109 Å². The lowest BCUT2D eigenvalue weighted by Gasteiger charge is -2.48. The van der Waals surface area contributed by atoms with Gasteiger partial charge in [0.2, 0.25) is 5.91 Å². The second-order valence-electron chi connectivity index (χ2n) is 27.4. The van der Waals surface area contributed by atoms with Crippen LogP contribution >= 0.6 is 0 Å². The molecule has 3 saturated heterocycles. The van der Waals surface area contributed by atoms with E-state index in [1.165, 1.54) is 128 Å². The number of rotatable bonds is 60. The Morgan fingerprint density at radius 1 is 0.370 bits per heavy atom. The van der Waals surface area contributed by atoms with E-state index in [1.807, 2.05) is 6.08 Å². The smallest absolute Gasteiger partial charge is 0.220 e. The number of hydrogen-bond donors (Lipinski definition) is 12. The topological polar surface area (TPSA) is 307 Å². The first-order valence-electron chi connectivity index (χ1n) is 39.1. The molecule has 0 aromatic rings. The Balaban J connectivity index is 1.35. The average Bonchev–Trinajstić information content (AvgIpc) is 0.783. The normalized spacial score (nSPS) is 27.1. The summed E-state index contributed by atoms with van der Waals surface area (Å²) in [5.41, 5.74) is 0. The van der Waals surface area contributed by atoms with Crippen molar-refractivity contribution in [3.63, 3.8) is 0 Å². The summed E-state index contributed by atoms with van der Waals surface area (Å²) in [6.07, 6.45) is 56.3. The number of hydrogen-bond acceptors (Lipinski definition) is 18. The van der Waals surface area contributed by atoms with Crippen molar-refractivity contribution < 1.29 is 89.4 Å². The largest absolute Gasteiger partial charge is 0.394 e. The Kier molecular flexibility index (Phi) is 55.0. The van der Waals surface area contributed by atoms with Crippen molar-refractivity contribution in [2.75, 3.05) is 26.4 Å². The highest BCUT2D eigenvalue weighted by atomic mass is 16.8. The van der Waals surface area contributed by atoms with Crippen molar-refractivity contribution in [3.05, 3.63) is 109 Å². The number of allylic oxidation sites excluding steroid dienone is 17. The van der Waals surface area contributed by atoms with Gasteiger partial charge in [-0.05, 0) is 83.5 Å². The summed E-state index contributed by atoms with van der Waals surface area (Å²) >= 11 is 0. The number of amides is 1. The molecule has 0 aromatic carbocycles. The van der Waals surface area contributed by atoms with Gasteiger partial charge in [0.25, 0.3) is 0 Å². The molecule has 0 radical (unpaired) electrons. The van der Waals surface area contributed by atoms with Crippen LogP contribution in [0.2, 0.25) is 0 Å². The molecule has 17 unspecified atom stereocenters. The van der Waals surface area contributed by atoms with E-state index in [9.17, 15) is 61.0 Å². The molecule has 19 heteroatoms. The summed E-state index contributed by atoms with van der Waals surface area (Å²) in [5, 5.41) is 121. The van der Waals surface area contributed by atoms with Gasteiger partial charge >= 0.3 is 0 Å². The SMILES string of the molecule is CC/C=C\C/C=C\C/C=C\C/C=C\C/C=C\C/C=C\C/C=C\C/C=C\CCCCCCCCCCCCCCC(=O)NC(COC1OC(CO)C(OC2OC(CO)C(OC3OC(CO)C(O)C(O)C3O)C(O)C2O)C(O)C1O)C(O)/C=C/CCCCCCCCCCCCCCCCCC. The lowest BCUT2D eigenvalue weighted by atomic mass is 9.96. The Labute approximate surface area is 602 Å². The highest BCUT2D eigenvalue weighted by molar-refractivity contribution is 5.76. The van der Waals surface area contributed by atoms with E-state index in [4.69, 9.17) is 28.4 Å². The third-order valence-electron chi connectivity index (χ3n) is 18.8. The zero-order valence-electron chi connectivity index (χ0n) is 61.4. The maximum absolute atomic E-state index is 13.5. The summed E-state index contributed by atoms with van der Waals surface area (Å²) in [6, 6.07) is -0.981. The quantitative estimate of drug-likeness (QED) is 0.0199. The van der Waals surface area contributed by atoms with E-state index in [-0.39, 0.29) is 18.9 Å². The standard InChI is InChI=1S/C81H139NO18/c1-3-5-7-9-11-13-15-17-19-21-23-24-25-26-27-28-29-30-31-32-33-34-35-36-37-38-39-40-41-43-45-47-49-51-53-55-57-59-69(87)82-64(65(86)58-56-54-52-50-48-46-44-42-22-20-18-16-14-12-10-8-6-4-2)63-95-79-75(93)72(90)77(67(61-84)97-79)100-81-76(94)73(91)78(68(62-85)98-81)99-80-74(92)71(89)70(88)66(60-83)96-80/h5,7,11,13,17,19,23-24,26-27,29-30,32-33,35-36,56,58,64-68,70-81,83-86,88-94H,3-4,6,8-10,12,14-16,18,20-22,25,28,31,34,37-55,57,59-63H2,1-2H3,(H,82,87)/b7-5-,13-11-,19-17-,24-23-,27-26-,30-29-,33-32-,36-35-,58-56+. The summed E-state index contributed by atoms with van der Waals surface area (Å²) in [7, 11) is 0. The molecule has 17 atom stereocenters. The molecule has 3 heterocycles. The van der Waals surface area contributed by atoms with Crippen LogP contribution in [0.3, 0.4) is 0 Å². The first-order valence-corrected chi connectivity index (χ1v) is 39.1. The summed E-state index contributed by atoms with van der Waals surface area (Å²) in [6.45, 7) is 1.63. The summed E-state index contributed by atoms with van der Waals surface area (Å²) in [4.78, 5) is 13.5. The molecule has 3 rings (SSSR count). The molecule has 12 N–H and O–H groups in total. The second kappa shape index (κ2) is 60.7. The van der Waals surface area contributed by atoms with Gasteiger partial charge in [0.1, 0.15) is 73.2 Å². The fourth-order valence-corrected chi connectivity index (χ4v) is 12.6. The van der Waals surface area contributed by atoms with Crippen molar-refractivity contribution in [2.45, 2.75) is 369 Å². The van der Waals surface area contributed by atoms with Crippen LogP contribution in [-0.4, -0.2) is 193 Å². The molecule has 0 saturated carbocycles. The molecule has 0 spiro atoms. The minimum atomic E-state index is -1.98. The molecule has 576 valence electrons. The molecule has 3 aliphatic rings. The number of aliphatic hydroxyl groups is 11. The Morgan fingerprint density at radius 2 is 0.690 bits per heavy atom. The van der Waals surface area contributed by atoms with Gasteiger partial charge in [-0.1, -0.05) is 284 Å². The van der Waals surface area contributed by atoms with Gasteiger partial charge in [-0.2, -0.15) is 0 Å². The number of nitrogens with one attached hydrogen (secondary N) is 1. The summed E-state index contributed by atoms with van der Waals surface area (Å²) < 4.78 is 34.4. The van der Waals surface area contributed by atoms with E-state index < -0.39 is 124 Å². The van der Waals surface area contributed by atoms with Gasteiger partial charge in [-0.15, -0.1) is 0 Å². The Morgan fingerprint density at radius 3 is 1.08 bits per heavy atom. The van der Waals surface area contributed by atoms with Crippen molar-refractivity contribution in [3.8, 4) is 0 Å². The molecule has 0 aromatic heterocycles. The van der Waals surface area contributed by atoms with E-state index in [2.05, 4.69) is 116 Å². The molecule has 100 heavy (non-hydrogen) atoms. The first kappa shape index (κ1) is 90.7. The predicted octanol–water partition coefficient (Wildman–Crippen LogP) is 12.6. The van der Waals surface area contributed by atoms with Crippen LogP contribution in [0.4, 0.5) is 0 Å². The van der Waals surface area contributed by atoms with E-state index >= 15 is 0 Å². The van der Waals surface area contributed by atoms with Crippen LogP contribution < -0.4 is 5.32 Å². The second-order valence-corrected chi connectivity index (χ2v) is 27.4. The Bertz CT molecular complexity index is 2230. The highest BCUT2D eigenvalue weighted by Crippen LogP contribution is 2.33. The number of carbonyl (C=O) groups excluding carboxylic acids is 1. The number of unbranched alkanes of at least 4 members (excludes halogenated alkanes) is 28. The average molecular weight is 1410 g/mol. The fourth-order valence-electron chi connectivity index (χ4n) is 12.6.